The van der Waals surface area contributed by atoms with Crippen molar-refractivity contribution in [3.8, 4) is 0 Å². The summed E-state index contributed by atoms with van der Waals surface area (Å²) in [6, 6.07) is 9.97. The zero-order valence-corrected chi connectivity index (χ0v) is 17.7. The third-order valence-electron chi connectivity index (χ3n) is 4.10. The minimum Gasteiger partial charge on any atom is -0.396 e. The van der Waals surface area contributed by atoms with Gasteiger partial charge in [-0.15, -0.1) is 0 Å². The normalized spacial score (nSPS) is 14.8. The van der Waals surface area contributed by atoms with E-state index in [2.05, 4.69) is 0 Å². The summed E-state index contributed by atoms with van der Waals surface area (Å²) in [6.45, 7) is 0.973. The molecule has 1 aromatic rings. The van der Waals surface area contributed by atoms with Crippen molar-refractivity contribution in [2.45, 2.75) is 25.9 Å². The van der Waals surface area contributed by atoms with Gasteiger partial charge < -0.3 is 14.9 Å². The van der Waals surface area contributed by atoms with Gasteiger partial charge in [0.05, 0.1) is 38.9 Å². The fourth-order valence-electron chi connectivity index (χ4n) is 2.48. The molecule has 0 heterocycles. The Labute approximate surface area is 166 Å². The Kier molecular flexibility index (Phi) is 12.0. The van der Waals surface area contributed by atoms with Crippen molar-refractivity contribution < 1.29 is 40.9 Å². The lowest BCUT2D eigenvalue weighted by Gasteiger charge is -2.42. The highest BCUT2D eigenvalue weighted by molar-refractivity contribution is 7.85. The highest BCUT2D eigenvalue weighted by Gasteiger charge is 2.41. The first-order valence-corrected chi connectivity index (χ1v) is 12.2. The molecule has 164 valence electrons. The van der Waals surface area contributed by atoms with Crippen LogP contribution in [0.4, 0.5) is 0 Å². The molecule has 1 aromatic carbocycles. The van der Waals surface area contributed by atoms with Gasteiger partial charge in [0.1, 0.15) is 0 Å². The van der Waals surface area contributed by atoms with Crippen LogP contribution in [-0.2, 0) is 31.6 Å². The lowest BCUT2D eigenvalue weighted by atomic mass is 9.66. The highest BCUT2D eigenvalue weighted by atomic mass is 32.2. The van der Waals surface area contributed by atoms with Crippen LogP contribution < -0.4 is 0 Å². The van der Waals surface area contributed by atoms with Crippen molar-refractivity contribution in [2.75, 3.05) is 32.3 Å². The van der Waals surface area contributed by atoms with Gasteiger partial charge in [-0.05, 0) is 24.3 Å². The molecule has 1 aliphatic carbocycles. The molecule has 2 rings (SSSR count). The Hall–Kier alpha value is -1.08. The summed E-state index contributed by atoms with van der Waals surface area (Å²) in [7, 11) is -7.33. The lowest BCUT2D eigenvalue weighted by molar-refractivity contribution is -0.0884. The predicted octanol–water partition coefficient (Wildman–Crippen LogP) is 0.982. The fourth-order valence-corrected chi connectivity index (χ4v) is 2.48. The molecular weight excluding hydrogens is 412 g/mol. The van der Waals surface area contributed by atoms with Gasteiger partial charge in [0.15, 0.2) is 0 Å². The lowest BCUT2D eigenvalue weighted by Crippen LogP contribution is -2.45. The first-order chi connectivity index (χ1) is 12.8. The van der Waals surface area contributed by atoms with Crippen molar-refractivity contribution in [3.63, 3.8) is 0 Å². The molecule has 1 saturated carbocycles. The molecule has 1 aliphatic rings. The Morgan fingerprint density at radius 3 is 1.71 bits per heavy atom. The quantitative estimate of drug-likeness (QED) is 0.452. The van der Waals surface area contributed by atoms with Gasteiger partial charge in [-0.1, -0.05) is 36.8 Å². The summed E-state index contributed by atoms with van der Waals surface area (Å²) < 4.78 is 57.4. The Morgan fingerprint density at radius 1 is 0.964 bits per heavy atom. The summed E-state index contributed by atoms with van der Waals surface area (Å²) in [5.41, 5.74) is 0.670. The Balaban J connectivity index is 0.000000607. The zero-order chi connectivity index (χ0) is 21.8. The van der Waals surface area contributed by atoms with E-state index in [-0.39, 0.29) is 13.2 Å². The molecule has 0 unspecified atom stereocenters. The van der Waals surface area contributed by atoms with Crippen LogP contribution in [0.5, 0.6) is 0 Å². The predicted molar refractivity (Wildman–Crippen MR) is 105 cm³/mol. The van der Waals surface area contributed by atoms with E-state index in [1.165, 1.54) is 6.42 Å². The number of aliphatic hydroxyl groups is 2. The minimum absolute atomic E-state index is 0.00293. The molecule has 0 amide bonds. The fraction of sp³-hybridized carbons (Fsp3) is 0.647. The summed E-state index contributed by atoms with van der Waals surface area (Å²) in [4.78, 5) is 0. The minimum atomic E-state index is -3.67. The van der Waals surface area contributed by atoms with Gasteiger partial charge in [0.2, 0.25) is 0 Å². The number of hydrogen-bond acceptors (Lipinski definition) is 7. The molecule has 0 spiro atoms. The van der Waals surface area contributed by atoms with Crippen molar-refractivity contribution in [3.05, 3.63) is 35.9 Å². The average molecular weight is 443 g/mol. The first kappa shape index (κ1) is 26.9. The monoisotopic (exact) mass is 442 g/mol. The van der Waals surface area contributed by atoms with Crippen LogP contribution >= 0.6 is 0 Å². The summed E-state index contributed by atoms with van der Waals surface area (Å²) in [5, 5.41) is 19.1. The maximum absolute atomic E-state index is 9.57. The maximum atomic E-state index is 9.57. The van der Waals surface area contributed by atoms with E-state index < -0.39 is 25.7 Å². The Bertz CT molecular complexity index is 692. The highest BCUT2D eigenvalue weighted by Crippen LogP contribution is 2.42. The third-order valence-corrected chi connectivity index (χ3v) is 4.10. The average Bonchev–Trinajstić information content (AvgIpc) is 2.50. The smallest absolute Gasteiger partial charge is 0.261 e. The second-order valence-electron chi connectivity index (χ2n) is 6.75. The number of ether oxygens (including phenoxy) is 1. The van der Waals surface area contributed by atoms with Crippen molar-refractivity contribution in [1.29, 1.82) is 0 Å². The van der Waals surface area contributed by atoms with Gasteiger partial charge >= 0.3 is 0 Å². The number of hydrogen-bond donors (Lipinski definition) is 4. The van der Waals surface area contributed by atoms with Crippen molar-refractivity contribution in [2.24, 2.45) is 11.3 Å². The van der Waals surface area contributed by atoms with Crippen LogP contribution in [0.3, 0.4) is 0 Å². The van der Waals surface area contributed by atoms with Gasteiger partial charge in [0.25, 0.3) is 20.2 Å². The molecule has 4 N–H and O–H groups in total. The van der Waals surface area contributed by atoms with Crippen molar-refractivity contribution in [1.82, 2.24) is 0 Å². The molecule has 0 aliphatic heterocycles. The van der Waals surface area contributed by atoms with Gasteiger partial charge in [-0.25, -0.2) is 0 Å². The largest absolute Gasteiger partial charge is 0.396 e. The van der Waals surface area contributed by atoms with Crippen LogP contribution in [0.25, 0.3) is 0 Å². The number of aliphatic hydroxyl groups excluding tert-OH is 2. The van der Waals surface area contributed by atoms with E-state index >= 15 is 0 Å². The van der Waals surface area contributed by atoms with Crippen LogP contribution in [0.2, 0.25) is 0 Å². The third kappa shape index (κ3) is 14.0. The van der Waals surface area contributed by atoms with Crippen LogP contribution in [0.1, 0.15) is 24.8 Å². The van der Waals surface area contributed by atoms with Crippen LogP contribution in [0, 0.1) is 11.3 Å². The second-order valence-corrected chi connectivity index (χ2v) is 9.68. The molecular formula is C17H30O9S2. The molecule has 0 aromatic heterocycles. The van der Waals surface area contributed by atoms with Gasteiger partial charge in [-0.3, -0.25) is 9.11 Å². The van der Waals surface area contributed by atoms with E-state index in [4.69, 9.17) is 13.8 Å². The zero-order valence-electron chi connectivity index (χ0n) is 16.1. The van der Waals surface area contributed by atoms with E-state index in [0.717, 1.165) is 18.4 Å². The SMILES string of the molecule is CS(=O)(=O)O.CS(=O)(=O)O.OCC(CO)(COCc1ccccc1)C1CCC1. The van der Waals surface area contributed by atoms with Crippen molar-refractivity contribution >= 4 is 20.2 Å². The van der Waals surface area contributed by atoms with Crippen LogP contribution in [-0.4, -0.2) is 68.5 Å². The first-order valence-electron chi connectivity index (χ1n) is 8.49. The Morgan fingerprint density at radius 2 is 1.39 bits per heavy atom. The number of rotatable bonds is 7. The van der Waals surface area contributed by atoms with Gasteiger partial charge in [-0.2, -0.15) is 16.8 Å². The molecule has 0 bridgehead atoms. The molecule has 11 heteroatoms. The standard InChI is InChI=1S/C15H22O3.2CH4O3S/c16-10-15(11-17,14-7-4-8-14)12-18-9-13-5-2-1-3-6-13;2*1-5(2,3)4/h1-3,5-6,14,16-17H,4,7-12H2;2*1H3,(H,2,3,4). The van der Waals surface area contributed by atoms with Gasteiger partial charge in [0, 0.05) is 5.41 Å². The number of benzene rings is 1. The summed E-state index contributed by atoms with van der Waals surface area (Å²) in [6.07, 6.45) is 4.82. The molecule has 0 saturated heterocycles. The molecule has 9 nitrogen and oxygen atoms in total. The topological polar surface area (TPSA) is 158 Å². The molecule has 28 heavy (non-hydrogen) atoms. The van der Waals surface area contributed by atoms with E-state index in [0.29, 0.717) is 31.6 Å². The van der Waals surface area contributed by atoms with E-state index in [9.17, 15) is 27.0 Å². The molecule has 0 radical (unpaired) electrons. The van der Waals surface area contributed by atoms with E-state index in [1.807, 2.05) is 30.3 Å². The molecule has 0 atom stereocenters. The summed E-state index contributed by atoms with van der Waals surface area (Å²) in [5.74, 6) is 0.406. The second kappa shape index (κ2) is 12.5. The maximum Gasteiger partial charge on any atom is 0.261 e. The van der Waals surface area contributed by atoms with Crippen LogP contribution in [0.15, 0.2) is 30.3 Å². The molecule has 1 fully saturated rings. The summed E-state index contributed by atoms with van der Waals surface area (Å²) >= 11 is 0. The van der Waals surface area contributed by atoms with E-state index in [1.54, 1.807) is 0 Å².